The predicted molar refractivity (Wildman–Crippen MR) is 128 cm³/mol. The molecule has 6 nitrogen and oxygen atoms in total. The van der Waals surface area contributed by atoms with Gasteiger partial charge in [-0.1, -0.05) is 70.6 Å². The van der Waals surface area contributed by atoms with Crippen molar-refractivity contribution >= 4 is 11.8 Å². The largest absolute Gasteiger partial charge is 0.385 e. The van der Waals surface area contributed by atoms with E-state index in [4.69, 9.17) is 9.47 Å². The molecule has 0 radical (unpaired) electrons. The van der Waals surface area contributed by atoms with Gasteiger partial charge in [0.1, 0.15) is 0 Å². The van der Waals surface area contributed by atoms with Crippen molar-refractivity contribution < 1.29 is 19.1 Å². The molecule has 0 saturated heterocycles. The Bertz CT molecular complexity index is 369. The molecule has 2 N–H and O–H groups in total. The fraction of sp³-hybridized carbons (Fsp3) is 0.920. The van der Waals surface area contributed by atoms with Gasteiger partial charge in [-0.15, -0.1) is 0 Å². The highest BCUT2D eigenvalue weighted by Gasteiger charge is 2.01. The number of hydrogen-bond donors (Lipinski definition) is 2. The molecule has 6 heteroatoms. The number of rotatable bonds is 24. The minimum atomic E-state index is 0.178. The molecule has 0 heterocycles. The quantitative estimate of drug-likeness (QED) is 0.203. The Labute approximate surface area is 191 Å². The first-order valence-corrected chi connectivity index (χ1v) is 12.7. The topological polar surface area (TPSA) is 76.7 Å². The summed E-state index contributed by atoms with van der Waals surface area (Å²) in [6.07, 6.45) is 19.2. The van der Waals surface area contributed by atoms with Gasteiger partial charge in [0.25, 0.3) is 0 Å². The van der Waals surface area contributed by atoms with Crippen molar-refractivity contribution in [3.8, 4) is 0 Å². The highest BCUT2D eigenvalue weighted by atomic mass is 16.5. The fourth-order valence-electron chi connectivity index (χ4n) is 3.58. The summed E-state index contributed by atoms with van der Waals surface area (Å²) in [6.45, 7) is 2.85. The Hall–Kier alpha value is -1.14. The van der Waals surface area contributed by atoms with Gasteiger partial charge < -0.3 is 20.1 Å². The monoisotopic (exact) mass is 442 g/mol. The van der Waals surface area contributed by atoms with E-state index in [1.807, 2.05) is 0 Å². The van der Waals surface area contributed by atoms with Crippen LogP contribution in [0.25, 0.3) is 0 Å². The molecule has 0 saturated carbocycles. The molecule has 0 aliphatic heterocycles. The van der Waals surface area contributed by atoms with Gasteiger partial charge in [-0.25, -0.2) is 0 Å². The zero-order chi connectivity index (χ0) is 22.8. The van der Waals surface area contributed by atoms with Crippen molar-refractivity contribution in [1.29, 1.82) is 0 Å². The molecule has 0 aromatic rings. The minimum Gasteiger partial charge on any atom is -0.385 e. The lowest BCUT2D eigenvalue weighted by atomic mass is 10.0. The second kappa shape index (κ2) is 25.1. The third kappa shape index (κ3) is 25.0. The van der Waals surface area contributed by atoms with Crippen LogP contribution in [0.4, 0.5) is 0 Å². The van der Waals surface area contributed by atoms with Crippen LogP contribution in [0, 0.1) is 0 Å². The van der Waals surface area contributed by atoms with E-state index in [2.05, 4.69) is 10.6 Å². The van der Waals surface area contributed by atoms with Gasteiger partial charge in [-0.05, 0) is 25.7 Å². The molecule has 0 aliphatic carbocycles. The lowest BCUT2D eigenvalue weighted by molar-refractivity contribution is -0.122. The van der Waals surface area contributed by atoms with Gasteiger partial charge in [0.2, 0.25) is 11.8 Å². The first-order chi connectivity index (χ1) is 15.2. The van der Waals surface area contributed by atoms with E-state index in [1.165, 1.54) is 57.8 Å². The molecule has 0 spiro atoms. The Morgan fingerprint density at radius 1 is 0.484 bits per heavy atom. The number of carbonyl (C=O) groups excluding carboxylic acids is 2. The summed E-state index contributed by atoms with van der Waals surface area (Å²) in [5.41, 5.74) is 0. The van der Waals surface area contributed by atoms with Crippen LogP contribution >= 0.6 is 0 Å². The molecule has 0 aliphatic rings. The van der Waals surface area contributed by atoms with Gasteiger partial charge in [-0.3, -0.25) is 9.59 Å². The SMILES string of the molecule is COCCCNC(=O)CCCCCCCCCCCCCCCC(=O)NCCCOC. The predicted octanol–water partition coefficient (Wildman–Crippen LogP) is 5.14. The molecule has 0 aromatic heterocycles. The summed E-state index contributed by atoms with van der Waals surface area (Å²) < 4.78 is 9.93. The highest BCUT2D eigenvalue weighted by Crippen LogP contribution is 2.13. The summed E-state index contributed by atoms with van der Waals surface area (Å²) in [5.74, 6) is 0.356. The van der Waals surface area contributed by atoms with Crippen LogP contribution in [-0.2, 0) is 19.1 Å². The van der Waals surface area contributed by atoms with Gasteiger partial charge in [0, 0.05) is 53.4 Å². The van der Waals surface area contributed by atoms with Gasteiger partial charge in [0.05, 0.1) is 0 Å². The van der Waals surface area contributed by atoms with E-state index in [9.17, 15) is 9.59 Å². The number of amides is 2. The smallest absolute Gasteiger partial charge is 0.219 e. The molecule has 0 unspecified atom stereocenters. The van der Waals surface area contributed by atoms with Crippen molar-refractivity contribution in [2.24, 2.45) is 0 Å². The van der Waals surface area contributed by atoms with Crippen molar-refractivity contribution in [2.45, 2.75) is 109 Å². The van der Waals surface area contributed by atoms with E-state index >= 15 is 0 Å². The first-order valence-electron chi connectivity index (χ1n) is 12.7. The van der Waals surface area contributed by atoms with Crippen molar-refractivity contribution in [3.05, 3.63) is 0 Å². The van der Waals surface area contributed by atoms with Gasteiger partial charge in [0.15, 0.2) is 0 Å². The highest BCUT2D eigenvalue weighted by molar-refractivity contribution is 5.76. The van der Waals surface area contributed by atoms with E-state index in [0.29, 0.717) is 26.1 Å². The molecule has 184 valence electrons. The van der Waals surface area contributed by atoms with Gasteiger partial charge >= 0.3 is 0 Å². The average molecular weight is 443 g/mol. The van der Waals surface area contributed by atoms with Crippen LogP contribution in [0.2, 0.25) is 0 Å². The summed E-state index contributed by atoms with van der Waals surface area (Å²) in [7, 11) is 3.36. The number of unbranched alkanes of at least 4 members (excludes halogenated alkanes) is 12. The zero-order valence-electron chi connectivity index (χ0n) is 20.5. The Morgan fingerprint density at radius 2 is 0.774 bits per heavy atom. The summed E-state index contributed by atoms with van der Waals surface area (Å²) in [5, 5.41) is 5.88. The molecular formula is C25H50N2O4. The molecular weight excluding hydrogens is 392 g/mol. The second-order valence-electron chi connectivity index (χ2n) is 8.49. The molecule has 0 bridgehead atoms. The summed E-state index contributed by atoms with van der Waals surface area (Å²) in [6, 6.07) is 0. The molecule has 2 amide bonds. The maximum absolute atomic E-state index is 11.6. The number of carbonyl (C=O) groups is 2. The molecule has 0 fully saturated rings. The van der Waals surface area contributed by atoms with Gasteiger partial charge in [-0.2, -0.15) is 0 Å². The summed E-state index contributed by atoms with van der Waals surface area (Å²) in [4.78, 5) is 23.3. The van der Waals surface area contributed by atoms with E-state index < -0.39 is 0 Å². The molecule has 0 atom stereocenters. The van der Waals surface area contributed by atoms with E-state index in [-0.39, 0.29) is 11.8 Å². The maximum Gasteiger partial charge on any atom is 0.219 e. The Kier molecular flexibility index (Phi) is 24.2. The Balaban J connectivity index is 3.17. The first kappa shape index (κ1) is 29.9. The second-order valence-corrected chi connectivity index (χ2v) is 8.49. The van der Waals surface area contributed by atoms with Crippen molar-refractivity contribution in [3.63, 3.8) is 0 Å². The van der Waals surface area contributed by atoms with Crippen molar-refractivity contribution in [1.82, 2.24) is 10.6 Å². The van der Waals surface area contributed by atoms with Crippen LogP contribution in [-0.4, -0.2) is 52.3 Å². The van der Waals surface area contributed by atoms with Crippen LogP contribution < -0.4 is 10.6 Å². The molecule has 0 rings (SSSR count). The third-order valence-electron chi connectivity index (χ3n) is 5.50. The van der Waals surface area contributed by atoms with Crippen LogP contribution in [0.15, 0.2) is 0 Å². The lowest BCUT2D eigenvalue weighted by Crippen LogP contribution is -2.24. The van der Waals surface area contributed by atoms with E-state index in [1.54, 1.807) is 14.2 Å². The number of ether oxygens (including phenoxy) is 2. The van der Waals surface area contributed by atoms with Crippen LogP contribution in [0.5, 0.6) is 0 Å². The average Bonchev–Trinajstić information content (AvgIpc) is 2.77. The third-order valence-corrected chi connectivity index (χ3v) is 5.50. The lowest BCUT2D eigenvalue weighted by Gasteiger charge is -2.05. The molecule has 0 aromatic carbocycles. The number of nitrogens with one attached hydrogen (secondary N) is 2. The van der Waals surface area contributed by atoms with Crippen LogP contribution in [0.1, 0.15) is 109 Å². The maximum atomic E-state index is 11.6. The zero-order valence-corrected chi connectivity index (χ0v) is 20.5. The fourth-order valence-corrected chi connectivity index (χ4v) is 3.58. The summed E-state index contributed by atoms with van der Waals surface area (Å²) >= 11 is 0. The molecule has 31 heavy (non-hydrogen) atoms. The standard InChI is InChI=1S/C25H50N2O4/c1-30-22-16-20-26-24(28)18-14-12-10-8-6-4-3-5-7-9-11-13-15-19-25(29)27-21-17-23-31-2/h3-23H2,1-2H3,(H,26,28)(H,27,29). The minimum absolute atomic E-state index is 0.178. The number of hydrogen-bond acceptors (Lipinski definition) is 4. The number of methoxy groups -OCH3 is 2. The van der Waals surface area contributed by atoms with Crippen molar-refractivity contribution in [2.75, 3.05) is 40.5 Å². The normalized spacial score (nSPS) is 10.9. The Morgan fingerprint density at radius 3 is 1.06 bits per heavy atom. The van der Waals surface area contributed by atoms with Crippen LogP contribution in [0.3, 0.4) is 0 Å². The van der Waals surface area contributed by atoms with E-state index in [0.717, 1.165) is 51.6 Å².